The number of pyridine rings is 1. The van der Waals surface area contributed by atoms with Crippen LogP contribution in [0.2, 0.25) is 0 Å². The summed E-state index contributed by atoms with van der Waals surface area (Å²) in [5, 5.41) is 9.02. The quantitative estimate of drug-likeness (QED) is 0.815. The number of carboxylic acids is 1. The number of nitrogens with zero attached hydrogens (tertiary/aromatic N) is 3. The van der Waals surface area contributed by atoms with Gasteiger partial charge in [-0.05, 0) is 12.1 Å². The maximum atomic E-state index is 12.6. The second-order valence-corrected chi connectivity index (χ2v) is 5.98. The SMILES string of the molecule is O=C(O)[C@H]1CN(C(=O)[C@@H]2CC(=O)N(Cc3ccccn3)C2)CCO1. The summed E-state index contributed by atoms with van der Waals surface area (Å²) in [5.41, 5.74) is 0.774. The first-order valence-corrected chi connectivity index (χ1v) is 7.85. The van der Waals surface area contributed by atoms with E-state index in [9.17, 15) is 14.4 Å². The number of hydrogen-bond donors (Lipinski definition) is 1. The molecule has 0 saturated carbocycles. The molecule has 0 aliphatic carbocycles. The van der Waals surface area contributed by atoms with E-state index in [2.05, 4.69) is 4.98 Å². The van der Waals surface area contributed by atoms with Gasteiger partial charge in [-0.2, -0.15) is 0 Å². The molecular weight excluding hydrogens is 314 g/mol. The molecule has 128 valence electrons. The Kier molecular flexibility index (Phi) is 4.75. The number of carbonyl (C=O) groups is 3. The first-order chi connectivity index (χ1) is 11.5. The number of likely N-dealkylation sites (tertiary alicyclic amines) is 1. The zero-order valence-electron chi connectivity index (χ0n) is 13.1. The Balaban J connectivity index is 1.60. The third-order valence-corrected chi connectivity index (χ3v) is 4.30. The molecule has 0 bridgehead atoms. The largest absolute Gasteiger partial charge is 0.479 e. The fraction of sp³-hybridized carbons (Fsp3) is 0.500. The fourth-order valence-corrected chi connectivity index (χ4v) is 3.03. The zero-order valence-corrected chi connectivity index (χ0v) is 13.1. The average molecular weight is 333 g/mol. The number of amides is 2. The van der Waals surface area contributed by atoms with Crippen molar-refractivity contribution in [3.63, 3.8) is 0 Å². The van der Waals surface area contributed by atoms with Crippen LogP contribution in [0.25, 0.3) is 0 Å². The molecule has 3 heterocycles. The highest BCUT2D eigenvalue weighted by Crippen LogP contribution is 2.22. The lowest BCUT2D eigenvalue weighted by Gasteiger charge is -2.32. The lowest BCUT2D eigenvalue weighted by molar-refractivity contribution is -0.160. The summed E-state index contributed by atoms with van der Waals surface area (Å²) in [4.78, 5) is 43.1. The molecule has 8 heteroatoms. The van der Waals surface area contributed by atoms with E-state index < -0.39 is 18.0 Å². The number of carboxylic acid groups (broad SMARTS) is 1. The first-order valence-electron chi connectivity index (χ1n) is 7.85. The van der Waals surface area contributed by atoms with E-state index in [0.717, 1.165) is 5.69 Å². The highest BCUT2D eigenvalue weighted by molar-refractivity contribution is 5.89. The van der Waals surface area contributed by atoms with Gasteiger partial charge in [-0.15, -0.1) is 0 Å². The minimum Gasteiger partial charge on any atom is -0.479 e. The van der Waals surface area contributed by atoms with Crippen molar-refractivity contribution in [3.8, 4) is 0 Å². The lowest BCUT2D eigenvalue weighted by atomic mass is 10.1. The van der Waals surface area contributed by atoms with Crippen LogP contribution in [0.3, 0.4) is 0 Å². The Labute approximate surface area is 139 Å². The summed E-state index contributed by atoms with van der Waals surface area (Å²) in [6.07, 6.45) is 0.823. The van der Waals surface area contributed by atoms with E-state index in [1.807, 2.05) is 12.1 Å². The number of aliphatic carboxylic acids is 1. The molecule has 2 saturated heterocycles. The zero-order chi connectivity index (χ0) is 17.1. The molecule has 0 aromatic carbocycles. The van der Waals surface area contributed by atoms with Crippen molar-refractivity contribution < 1.29 is 24.2 Å². The van der Waals surface area contributed by atoms with Gasteiger partial charge in [0.05, 0.1) is 31.3 Å². The van der Waals surface area contributed by atoms with Crippen LogP contribution in [0.4, 0.5) is 0 Å². The Morgan fingerprint density at radius 2 is 2.17 bits per heavy atom. The minimum atomic E-state index is -1.08. The second kappa shape index (κ2) is 6.96. The molecule has 8 nitrogen and oxygen atoms in total. The van der Waals surface area contributed by atoms with Crippen molar-refractivity contribution in [1.82, 2.24) is 14.8 Å². The molecule has 1 aromatic heterocycles. The van der Waals surface area contributed by atoms with Crippen molar-refractivity contribution in [3.05, 3.63) is 30.1 Å². The fourth-order valence-electron chi connectivity index (χ4n) is 3.03. The number of carbonyl (C=O) groups excluding carboxylic acids is 2. The van der Waals surface area contributed by atoms with Crippen LogP contribution in [-0.2, 0) is 25.7 Å². The average Bonchev–Trinajstić information content (AvgIpc) is 2.96. The van der Waals surface area contributed by atoms with Crippen molar-refractivity contribution >= 4 is 17.8 Å². The van der Waals surface area contributed by atoms with E-state index >= 15 is 0 Å². The van der Waals surface area contributed by atoms with Crippen LogP contribution in [0.5, 0.6) is 0 Å². The van der Waals surface area contributed by atoms with Gasteiger partial charge in [-0.1, -0.05) is 6.07 Å². The predicted octanol–water partition coefficient (Wildman–Crippen LogP) is -0.258. The van der Waals surface area contributed by atoms with Crippen molar-refractivity contribution in [2.45, 2.75) is 19.1 Å². The number of rotatable bonds is 4. The minimum absolute atomic E-state index is 0.0269. The van der Waals surface area contributed by atoms with E-state index in [-0.39, 0.29) is 31.4 Å². The van der Waals surface area contributed by atoms with Gasteiger partial charge >= 0.3 is 5.97 Å². The molecular formula is C16H19N3O5. The highest BCUT2D eigenvalue weighted by atomic mass is 16.5. The Morgan fingerprint density at radius 1 is 1.33 bits per heavy atom. The standard InChI is InChI=1S/C16H19N3O5/c20-14-7-11(8-19(14)9-12-3-1-2-4-17-12)15(21)18-5-6-24-13(10-18)16(22)23/h1-4,11,13H,5-10H2,(H,22,23)/t11-,13-/m1/s1. The molecule has 2 aliphatic rings. The summed E-state index contributed by atoms with van der Waals surface area (Å²) in [7, 11) is 0. The van der Waals surface area contributed by atoms with Gasteiger partial charge in [0.1, 0.15) is 0 Å². The van der Waals surface area contributed by atoms with Crippen LogP contribution in [0.15, 0.2) is 24.4 Å². The molecule has 2 fully saturated rings. The van der Waals surface area contributed by atoms with E-state index in [1.54, 1.807) is 17.2 Å². The predicted molar refractivity (Wildman–Crippen MR) is 81.7 cm³/mol. The van der Waals surface area contributed by atoms with Gasteiger partial charge in [-0.3, -0.25) is 14.6 Å². The third kappa shape index (κ3) is 3.53. The van der Waals surface area contributed by atoms with E-state index in [0.29, 0.717) is 19.6 Å². The number of ether oxygens (including phenoxy) is 1. The van der Waals surface area contributed by atoms with E-state index in [1.165, 1.54) is 4.90 Å². The van der Waals surface area contributed by atoms with Crippen LogP contribution < -0.4 is 0 Å². The molecule has 3 rings (SSSR count). The van der Waals surface area contributed by atoms with Gasteiger partial charge in [-0.25, -0.2) is 4.79 Å². The van der Waals surface area contributed by atoms with Gasteiger partial charge in [0.25, 0.3) is 0 Å². The number of aromatic nitrogens is 1. The summed E-state index contributed by atoms with van der Waals surface area (Å²) < 4.78 is 5.12. The summed E-state index contributed by atoms with van der Waals surface area (Å²) >= 11 is 0. The van der Waals surface area contributed by atoms with Crippen LogP contribution in [-0.4, -0.2) is 70.0 Å². The molecule has 24 heavy (non-hydrogen) atoms. The smallest absolute Gasteiger partial charge is 0.334 e. The van der Waals surface area contributed by atoms with Crippen molar-refractivity contribution in [2.24, 2.45) is 5.92 Å². The van der Waals surface area contributed by atoms with Gasteiger partial charge in [0.2, 0.25) is 11.8 Å². The topological polar surface area (TPSA) is 100 Å². The molecule has 0 radical (unpaired) electrons. The molecule has 2 aliphatic heterocycles. The molecule has 1 N–H and O–H groups in total. The van der Waals surface area contributed by atoms with Crippen LogP contribution in [0, 0.1) is 5.92 Å². The first kappa shape index (κ1) is 16.4. The van der Waals surface area contributed by atoms with Gasteiger partial charge in [0, 0.05) is 25.7 Å². The molecule has 2 amide bonds. The summed E-state index contributed by atoms with van der Waals surface area (Å²) in [5.74, 6) is -1.77. The third-order valence-electron chi connectivity index (χ3n) is 4.30. The normalized spacial score (nSPS) is 24.2. The molecule has 1 aromatic rings. The maximum Gasteiger partial charge on any atom is 0.334 e. The van der Waals surface area contributed by atoms with Gasteiger partial charge < -0.3 is 19.6 Å². The Hall–Kier alpha value is -2.48. The van der Waals surface area contributed by atoms with Crippen LogP contribution >= 0.6 is 0 Å². The summed E-state index contributed by atoms with van der Waals surface area (Å²) in [6, 6.07) is 5.49. The second-order valence-electron chi connectivity index (χ2n) is 5.98. The number of hydrogen-bond acceptors (Lipinski definition) is 5. The Morgan fingerprint density at radius 3 is 2.88 bits per heavy atom. The molecule has 2 atom stereocenters. The van der Waals surface area contributed by atoms with Crippen LogP contribution in [0.1, 0.15) is 12.1 Å². The maximum absolute atomic E-state index is 12.6. The van der Waals surface area contributed by atoms with Gasteiger partial charge in [0.15, 0.2) is 6.10 Å². The van der Waals surface area contributed by atoms with Crippen molar-refractivity contribution in [1.29, 1.82) is 0 Å². The molecule has 0 spiro atoms. The molecule has 0 unspecified atom stereocenters. The lowest BCUT2D eigenvalue weighted by Crippen LogP contribution is -2.50. The Bertz CT molecular complexity index is 636. The summed E-state index contributed by atoms with van der Waals surface area (Å²) in [6.45, 7) is 1.29. The van der Waals surface area contributed by atoms with Crippen molar-refractivity contribution in [2.75, 3.05) is 26.2 Å². The monoisotopic (exact) mass is 333 g/mol. The number of morpholine rings is 1. The van der Waals surface area contributed by atoms with E-state index in [4.69, 9.17) is 9.84 Å². The highest BCUT2D eigenvalue weighted by Gasteiger charge is 2.38.